The number of nitrogen functional groups attached to an aromatic ring is 1. The molecule has 0 saturated carbocycles. The van der Waals surface area contributed by atoms with Gasteiger partial charge in [-0.3, -0.25) is 4.79 Å². The van der Waals surface area contributed by atoms with E-state index in [0.29, 0.717) is 18.8 Å². The number of esters is 1. The van der Waals surface area contributed by atoms with Gasteiger partial charge in [0.1, 0.15) is 5.82 Å². The van der Waals surface area contributed by atoms with Crippen LogP contribution in [0.25, 0.3) is 10.9 Å². The van der Waals surface area contributed by atoms with Crippen molar-refractivity contribution in [2.45, 2.75) is 26.7 Å². The van der Waals surface area contributed by atoms with Gasteiger partial charge in [0.05, 0.1) is 12.5 Å². The summed E-state index contributed by atoms with van der Waals surface area (Å²) in [6, 6.07) is 7.93. The smallest absolute Gasteiger partial charge is 0.308 e. The summed E-state index contributed by atoms with van der Waals surface area (Å²) in [5, 5.41) is 1.08. The maximum Gasteiger partial charge on any atom is 0.308 e. The van der Waals surface area contributed by atoms with E-state index in [1.54, 1.807) is 0 Å². The van der Waals surface area contributed by atoms with Crippen LogP contribution in [-0.4, -0.2) is 17.6 Å². The van der Waals surface area contributed by atoms with E-state index in [1.165, 1.54) is 0 Å². The molecule has 0 radical (unpaired) electrons. The summed E-state index contributed by atoms with van der Waals surface area (Å²) >= 11 is 0. The Kier molecular flexibility index (Phi) is 5.89. The fourth-order valence-electron chi connectivity index (χ4n) is 2.18. The van der Waals surface area contributed by atoms with Gasteiger partial charge in [0.25, 0.3) is 0 Å². The van der Waals surface area contributed by atoms with Gasteiger partial charge < -0.3 is 15.5 Å². The second kappa shape index (κ2) is 7.20. The lowest BCUT2D eigenvalue weighted by Gasteiger charge is -2.11. The van der Waals surface area contributed by atoms with Gasteiger partial charge in [0, 0.05) is 16.5 Å². The Hall–Kier alpha value is -1.68. The van der Waals surface area contributed by atoms with Crippen LogP contribution in [0.4, 0.5) is 5.82 Å². The molecule has 1 atom stereocenters. The number of fused-ring (bicyclic) bond motifs is 1. The molecule has 2 aromatic rings. The lowest BCUT2D eigenvalue weighted by atomic mass is 10.00. The third kappa shape index (κ3) is 3.45. The van der Waals surface area contributed by atoms with Crippen LogP contribution in [0.3, 0.4) is 0 Å². The molecule has 2 rings (SSSR count). The number of aromatic amines is 1. The molecule has 0 aliphatic carbocycles. The van der Waals surface area contributed by atoms with E-state index < -0.39 is 0 Å². The molecule has 4 nitrogen and oxygen atoms in total. The standard InChI is InChI=1S/C15H20N2O2.ClH/c1-3-8-19-15(18)10(2)9-12-11-6-4-5-7-13(11)17-14(12)16;/h4-7,10,17H,3,8-9,16H2,1-2H3;1H. The van der Waals surface area contributed by atoms with Crippen molar-refractivity contribution in [1.82, 2.24) is 4.98 Å². The normalized spacial score (nSPS) is 11.9. The van der Waals surface area contributed by atoms with Crippen LogP contribution < -0.4 is 5.73 Å². The van der Waals surface area contributed by atoms with Gasteiger partial charge in [-0.05, 0) is 18.9 Å². The largest absolute Gasteiger partial charge is 0.465 e. The Balaban J connectivity index is 0.00000200. The third-order valence-electron chi connectivity index (χ3n) is 3.21. The van der Waals surface area contributed by atoms with Crippen LogP contribution in [0, 0.1) is 5.92 Å². The van der Waals surface area contributed by atoms with Crippen molar-refractivity contribution < 1.29 is 9.53 Å². The molecule has 0 spiro atoms. The predicted octanol–water partition coefficient (Wildman–Crippen LogP) is 3.30. The molecule has 20 heavy (non-hydrogen) atoms. The maximum atomic E-state index is 11.8. The number of rotatable bonds is 5. The molecule has 1 aromatic carbocycles. The fraction of sp³-hybridized carbons (Fsp3) is 0.400. The third-order valence-corrected chi connectivity index (χ3v) is 3.21. The quantitative estimate of drug-likeness (QED) is 0.832. The first-order chi connectivity index (χ1) is 9.13. The van der Waals surface area contributed by atoms with Crippen molar-refractivity contribution in [2.75, 3.05) is 12.3 Å². The van der Waals surface area contributed by atoms with Gasteiger partial charge in [-0.25, -0.2) is 0 Å². The maximum absolute atomic E-state index is 11.8. The predicted molar refractivity (Wildman–Crippen MR) is 84.1 cm³/mol. The second-order valence-corrected chi connectivity index (χ2v) is 4.84. The van der Waals surface area contributed by atoms with E-state index in [9.17, 15) is 4.79 Å². The van der Waals surface area contributed by atoms with E-state index in [0.717, 1.165) is 22.9 Å². The van der Waals surface area contributed by atoms with Crippen molar-refractivity contribution in [3.63, 3.8) is 0 Å². The van der Waals surface area contributed by atoms with Crippen molar-refractivity contribution in [3.8, 4) is 0 Å². The zero-order chi connectivity index (χ0) is 13.8. The number of carbonyl (C=O) groups excluding carboxylic acids is 1. The van der Waals surface area contributed by atoms with Crippen molar-refractivity contribution >= 4 is 35.1 Å². The van der Waals surface area contributed by atoms with E-state index >= 15 is 0 Å². The van der Waals surface area contributed by atoms with Crippen LogP contribution in [0.2, 0.25) is 0 Å². The fourth-order valence-corrected chi connectivity index (χ4v) is 2.18. The SMILES string of the molecule is CCCOC(=O)C(C)Cc1c(N)[nH]c2ccccc12.Cl. The van der Waals surface area contributed by atoms with E-state index in [2.05, 4.69) is 4.98 Å². The highest BCUT2D eigenvalue weighted by molar-refractivity contribution is 5.88. The summed E-state index contributed by atoms with van der Waals surface area (Å²) in [7, 11) is 0. The number of nitrogens with two attached hydrogens (primary N) is 1. The molecule has 1 heterocycles. The Morgan fingerprint density at radius 1 is 1.40 bits per heavy atom. The van der Waals surface area contributed by atoms with Crippen LogP contribution >= 0.6 is 12.4 Å². The number of halogens is 1. The summed E-state index contributed by atoms with van der Waals surface area (Å²) in [4.78, 5) is 14.9. The summed E-state index contributed by atoms with van der Waals surface area (Å²) in [5.74, 6) is 0.288. The molecule has 0 bridgehead atoms. The number of nitrogens with one attached hydrogen (secondary N) is 1. The number of benzene rings is 1. The van der Waals surface area contributed by atoms with Crippen molar-refractivity contribution in [1.29, 1.82) is 0 Å². The van der Waals surface area contributed by atoms with Gasteiger partial charge in [0.15, 0.2) is 0 Å². The number of para-hydroxylation sites is 1. The number of hydrogen-bond acceptors (Lipinski definition) is 3. The number of hydrogen-bond donors (Lipinski definition) is 2. The number of aromatic nitrogens is 1. The highest BCUT2D eigenvalue weighted by Gasteiger charge is 2.18. The minimum Gasteiger partial charge on any atom is -0.465 e. The minimum atomic E-state index is -0.187. The Morgan fingerprint density at radius 2 is 2.10 bits per heavy atom. The summed E-state index contributed by atoms with van der Waals surface area (Å²) in [5.41, 5.74) is 7.99. The summed E-state index contributed by atoms with van der Waals surface area (Å²) < 4.78 is 5.16. The van der Waals surface area contributed by atoms with Crippen LogP contribution in [-0.2, 0) is 16.0 Å². The van der Waals surface area contributed by atoms with Crippen LogP contribution in [0.1, 0.15) is 25.8 Å². The average Bonchev–Trinajstić information content (AvgIpc) is 2.72. The molecule has 3 N–H and O–H groups in total. The van der Waals surface area contributed by atoms with Crippen LogP contribution in [0.15, 0.2) is 24.3 Å². The van der Waals surface area contributed by atoms with Gasteiger partial charge in [-0.1, -0.05) is 32.0 Å². The molecule has 0 aliphatic rings. The zero-order valence-electron chi connectivity index (χ0n) is 11.8. The Labute approximate surface area is 125 Å². The molecule has 5 heteroatoms. The van der Waals surface area contributed by atoms with Crippen LogP contribution in [0.5, 0.6) is 0 Å². The molecule has 0 amide bonds. The molecule has 1 aromatic heterocycles. The first kappa shape index (κ1) is 16.4. The van der Waals surface area contributed by atoms with E-state index in [-0.39, 0.29) is 24.3 Å². The molecule has 0 aliphatic heterocycles. The second-order valence-electron chi connectivity index (χ2n) is 4.84. The number of carbonyl (C=O) groups is 1. The lowest BCUT2D eigenvalue weighted by molar-refractivity contribution is -0.147. The highest BCUT2D eigenvalue weighted by atomic mass is 35.5. The Morgan fingerprint density at radius 3 is 2.80 bits per heavy atom. The molecule has 110 valence electrons. The average molecular weight is 297 g/mol. The number of anilines is 1. The van der Waals surface area contributed by atoms with E-state index in [4.69, 9.17) is 10.5 Å². The highest BCUT2D eigenvalue weighted by Crippen LogP contribution is 2.26. The van der Waals surface area contributed by atoms with Gasteiger partial charge in [0.2, 0.25) is 0 Å². The van der Waals surface area contributed by atoms with Crippen molar-refractivity contribution in [2.24, 2.45) is 5.92 Å². The van der Waals surface area contributed by atoms with Crippen molar-refractivity contribution in [3.05, 3.63) is 29.8 Å². The lowest BCUT2D eigenvalue weighted by Crippen LogP contribution is -2.17. The first-order valence-corrected chi connectivity index (χ1v) is 6.65. The number of ether oxygens (including phenoxy) is 1. The van der Waals surface area contributed by atoms with Gasteiger partial charge in [-0.15, -0.1) is 12.4 Å². The topological polar surface area (TPSA) is 68.1 Å². The molecule has 0 saturated heterocycles. The van der Waals surface area contributed by atoms with Gasteiger partial charge in [-0.2, -0.15) is 0 Å². The van der Waals surface area contributed by atoms with Gasteiger partial charge >= 0.3 is 5.97 Å². The summed E-state index contributed by atoms with van der Waals surface area (Å²) in [6.45, 7) is 4.33. The van der Waals surface area contributed by atoms with E-state index in [1.807, 2.05) is 38.1 Å². The first-order valence-electron chi connectivity index (χ1n) is 6.65. The number of H-pyrrole nitrogens is 1. The monoisotopic (exact) mass is 296 g/mol. The zero-order valence-corrected chi connectivity index (χ0v) is 12.6. The summed E-state index contributed by atoms with van der Waals surface area (Å²) in [6.07, 6.45) is 1.44. The molecular weight excluding hydrogens is 276 g/mol. The molecular formula is C15H21ClN2O2. The minimum absolute atomic E-state index is 0. The molecule has 0 fully saturated rings. The Bertz CT molecular complexity index is 580. The molecule has 1 unspecified atom stereocenters.